The zero-order valence-electron chi connectivity index (χ0n) is 12.4. The van der Waals surface area contributed by atoms with Gasteiger partial charge >= 0.3 is 0 Å². The zero-order chi connectivity index (χ0) is 14.1. The summed E-state index contributed by atoms with van der Waals surface area (Å²) in [7, 11) is 4.37. The molecule has 1 atom stereocenters. The van der Waals surface area contributed by atoms with Crippen molar-refractivity contribution in [2.75, 3.05) is 32.1 Å². The molecular weight excluding hydrogens is 314 g/mol. The number of benzene rings is 1. The third kappa shape index (κ3) is 3.35. The van der Waals surface area contributed by atoms with Gasteiger partial charge in [-0.3, -0.25) is 0 Å². The lowest BCUT2D eigenvalue weighted by Crippen LogP contribution is -2.32. The molecule has 0 spiro atoms. The van der Waals surface area contributed by atoms with Crippen LogP contribution in [-0.4, -0.2) is 44.2 Å². The molecule has 4 heteroatoms. The Morgan fingerprint density at radius 2 is 2.10 bits per heavy atom. The number of rotatable bonds is 5. The summed E-state index contributed by atoms with van der Waals surface area (Å²) in [6.07, 6.45) is 3.95. The SMILES string of the molecule is CN(C)C1CCN(c2ccc(Br)cc2CNC2CC2)C1. The summed E-state index contributed by atoms with van der Waals surface area (Å²) in [5.41, 5.74) is 2.83. The van der Waals surface area contributed by atoms with Crippen LogP contribution < -0.4 is 10.2 Å². The van der Waals surface area contributed by atoms with Gasteiger partial charge in [0.15, 0.2) is 0 Å². The molecule has 1 aliphatic carbocycles. The van der Waals surface area contributed by atoms with E-state index in [4.69, 9.17) is 0 Å². The van der Waals surface area contributed by atoms with Crippen molar-refractivity contribution in [3.8, 4) is 0 Å². The van der Waals surface area contributed by atoms with Gasteiger partial charge < -0.3 is 15.1 Å². The second kappa shape index (κ2) is 6.04. The van der Waals surface area contributed by atoms with Crippen molar-refractivity contribution in [1.29, 1.82) is 0 Å². The molecular formula is C16H24BrN3. The molecule has 1 N–H and O–H groups in total. The first-order chi connectivity index (χ1) is 9.63. The Labute approximate surface area is 130 Å². The van der Waals surface area contributed by atoms with Crippen LogP contribution in [0.5, 0.6) is 0 Å². The van der Waals surface area contributed by atoms with E-state index in [0.717, 1.165) is 19.1 Å². The van der Waals surface area contributed by atoms with Crippen LogP contribution in [0.25, 0.3) is 0 Å². The average molecular weight is 338 g/mol. The molecule has 2 fully saturated rings. The fraction of sp³-hybridized carbons (Fsp3) is 0.625. The van der Waals surface area contributed by atoms with Crippen LogP contribution in [0, 0.1) is 0 Å². The van der Waals surface area contributed by atoms with Crippen molar-refractivity contribution in [3.63, 3.8) is 0 Å². The summed E-state index contributed by atoms with van der Waals surface area (Å²) in [6, 6.07) is 8.15. The van der Waals surface area contributed by atoms with Gasteiger partial charge in [0.05, 0.1) is 0 Å². The molecule has 1 aromatic rings. The van der Waals surface area contributed by atoms with Crippen LogP contribution in [0.3, 0.4) is 0 Å². The molecule has 1 saturated carbocycles. The van der Waals surface area contributed by atoms with Crippen molar-refractivity contribution in [3.05, 3.63) is 28.2 Å². The normalized spacial score (nSPS) is 22.8. The number of likely N-dealkylation sites (N-methyl/N-ethyl adjacent to an activating group) is 1. The van der Waals surface area contributed by atoms with Gasteiger partial charge in [-0.25, -0.2) is 0 Å². The molecule has 0 radical (unpaired) electrons. The van der Waals surface area contributed by atoms with E-state index in [0.29, 0.717) is 6.04 Å². The van der Waals surface area contributed by atoms with Crippen LogP contribution >= 0.6 is 15.9 Å². The molecule has 110 valence electrons. The van der Waals surface area contributed by atoms with Crippen LogP contribution in [0.4, 0.5) is 5.69 Å². The largest absolute Gasteiger partial charge is 0.370 e. The van der Waals surface area contributed by atoms with Gasteiger partial charge in [0, 0.05) is 41.9 Å². The van der Waals surface area contributed by atoms with Gasteiger partial charge in [-0.05, 0) is 57.1 Å². The van der Waals surface area contributed by atoms with Crippen molar-refractivity contribution >= 4 is 21.6 Å². The Morgan fingerprint density at radius 1 is 1.30 bits per heavy atom. The lowest BCUT2D eigenvalue weighted by molar-refractivity contribution is 0.315. The fourth-order valence-electron chi connectivity index (χ4n) is 2.93. The highest BCUT2D eigenvalue weighted by Crippen LogP contribution is 2.29. The van der Waals surface area contributed by atoms with Crippen molar-refractivity contribution < 1.29 is 0 Å². The summed E-state index contributed by atoms with van der Waals surface area (Å²) in [5, 5.41) is 3.64. The highest BCUT2D eigenvalue weighted by Gasteiger charge is 2.26. The smallest absolute Gasteiger partial charge is 0.0413 e. The van der Waals surface area contributed by atoms with E-state index >= 15 is 0 Å². The average Bonchev–Trinajstić information content (AvgIpc) is 3.11. The second-order valence-corrected chi connectivity index (χ2v) is 7.20. The fourth-order valence-corrected chi connectivity index (χ4v) is 3.34. The van der Waals surface area contributed by atoms with Crippen molar-refractivity contribution in [2.24, 2.45) is 0 Å². The van der Waals surface area contributed by atoms with Gasteiger partial charge in [0.1, 0.15) is 0 Å². The van der Waals surface area contributed by atoms with E-state index in [1.165, 1.54) is 41.5 Å². The molecule has 1 heterocycles. The number of nitrogens with one attached hydrogen (secondary N) is 1. The zero-order valence-corrected chi connectivity index (χ0v) is 14.0. The predicted molar refractivity (Wildman–Crippen MR) is 88.3 cm³/mol. The molecule has 1 unspecified atom stereocenters. The van der Waals surface area contributed by atoms with Gasteiger partial charge in [-0.2, -0.15) is 0 Å². The minimum Gasteiger partial charge on any atom is -0.370 e. The molecule has 0 bridgehead atoms. The van der Waals surface area contributed by atoms with Gasteiger partial charge in [0.25, 0.3) is 0 Å². The van der Waals surface area contributed by atoms with E-state index in [-0.39, 0.29) is 0 Å². The van der Waals surface area contributed by atoms with Crippen LogP contribution in [-0.2, 0) is 6.54 Å². The van der Waals surface area contributed by atoms with E-state index < -0.39 is 0 Å². The van der Waals surface area contributed by atoms with E-state index in [1.807, 2.05) is 0 Å². The Kier molecular flexibility index (Phi) is 4.34. The molecule has 0 aromatic heterocycles. The maximum Gasteiger partial charge on any atom is 0.0413 e. The highest BCUT2D eigenvalue weighted by atomic mass is 79.9. The number of hydrogen-bond acceptors (Lipinski definition) is 3. The van der Waals surface area contributed by atoms with Gasteiger partial charge in [-0.1, -0.05) is 15.9 Å². The maximum absolute atomic E-state index is 3.64. The Bertz CT molecular complexity index is 471. The molecule has 1 aromatic carbocycles. The summed E-state index contributed by atoms with van der Waals surface area (Å²) in [5.74, 6) is 0. The van der Waals surface area contributed by atoms with E-state index in [9.17, 15) is 0 Å². The van der Waals surface area contributed by atoms with Gasteiger partial charge in [-0.15, -0.1) is 0 Å². The van der Waals surface area contributed by atoms with Crippen LogP contribution in [0.2, 0.25) is 0 Å². The number of anilines is 1. The quantitative estimate of drug-likeness (QED) is 0.891. The first kappa shape index (κ1) is 14.4. The van der Waals surface area contributed by atoms with E-state index in [1.54, 1.807) is 0 Å². The Morgan fingerprint density at radius 3 is 2.75 bits per heavy atom. The Hall–Kier alpha value is -0.580. The summed E-state index contributed by atoms with van der Waals surface area (Å²) in [4.78, 5) is 4.89. The molecule has 1 aliphatic heterocycles. The second-order valence-electron chi connectivity index (χ2n) is 6.28. The summed E-state index contributed by atoms with van der Waals surface area (Å²) >= 11 is 3.61. The minimum atomic E-state index is 0.683. The topological polar surface area (TPSA) is 18.5 Å². The number of hydrogen-bond donors (Lipinski definition) is 1. The summed E-state index contributed by atoms with van der Waals surface area (Å²) < 4.78 is 1.18. The lowest BCUT2D eigenvalue weighted by atomic mass is 10.1. The molecule has 1 saturated heterocycles. The highest BCUT2D eigenvalue weighted by molar-refractivity contribution is 9.10. The maximum atomic E-state index is 3.64. The van der Waals surface area contributed by atoms with Crippen LogP contribution in [0.1, 0.15) is 24.8 Å². The Balaban J connectivity index is 1.74. The third-order valence-corrected chi connectivity index (χ3v) is 4.93. The van der Waals surface area contributed by atoms with Crippen LogP contribution in [0.15, 0.2) is 22.7 Å². The first-order valence-electron chi connectivity index (χ1n) is 7.56. The minimum absolute atomic E-state index is 0.683. The van der Waals surface area contributed by atoms with Crippen molar-refractivity contribution in [2.45, 2.75) is 37.9 Å². The van der Waals surface area contributed by atoms with E-state index in [2.05, 4.69) is 63.3 Å². The monoisotopic (exact) mass is 337 g/mol. The molecule has 20 heavy (non-hydrogen) atoms. The predicted octanol–water partition coefficient (Wildman–Crippen LogP) is 2.84. The lowest BCUT2D eigenvalue weighted by Gasteiger charge is -2.24. The molecule has 3 rings (SSSR count). The third-order valence-electron chi connectivity index (χ3n) is 4.43. The summed E-state index contributed by atoms with van der Waals surface area (Å²) in [6.45, 7) is 3.30. The van der Waals surface area contributed by atoms with Gasteiger partial charge in [0.2, 0.25) is 0 Å². The molecule has 2 aliphatic rings. The number of nitrogens with zero attached hydrogens (tertiary/aromatic N) is 2. The van der Waals surface area contributed by atoms with Crippen molar-refractivity contribution in [1.82, 2.24) is 10.2 Å². The standard InChI is InChI=1S/C16H24BrN3/c1-19(2)15-7-8-20(11-15)16-6-3-13(17)9-12(16)10-18-14-4-5-14/h3,6,9,14-15,18H,4-5,7-8,10-11H2,1-2H3. The molecule has 3 nitrogen and oxygen atoms in total. The first-order valence-corrected chi connectivity index (χ1v) is 8.36. The number of halogens is 1. The molecule has 0 amide bonds.